The molecule has 1 aliphatic heterocycles. The summed E-state index contributed by atoms with van der Waals surface area (Å²) in [5.74, 6) is 0.408. The molecule has 5 rings (SSSR count). The molecule has 0 bridgehead atoms. The molecule has 2 heterocycles. The summed E-state index contributed by atoms with van der Waals surface area (Å²) in [6, 6.07) is 14.4. The molecule has 1 saturated heterocycles. The van der Waals surface area contributed by atoms with Gasteiger partial charge in [-0.3, -0.25) is 9.48 Å². The van der Waals surface area contributed by atoms with E-state index < -0.39 is 18.3 Å². The largest absolute Gasteiger partial charge is 0.494 e. The summed E-state index contributed by atoms with van der Waals surface area (Å²) in [7, 11) is -0.443. The molecule has 1 aromatic heterocycles. The van der Waals surface area contributed by atoms with Crippen LogP contribution in [0.5, 0.6) is 5.75 Å². The van der Waals surface area contributed by atoms with Crippen molar-refractivity contribution in [2.24, 2.45) is 0 Å². The van der Waals surface area contributed by atoms with E-state index in [0.717, 1.165) is 40.5 Å². The van der Waals surface area contributed by atoms with Crippen LogP contribution in [0, 0.1) is 0 Å². The number of benzene rings is 2. The van der Waals surface area contributed by atoms with Crippen LogP contribution >= 0.6 is 0 Å². The molecule has 202 valence electrons. The Hall–Kier alpha value is -2.84. The molecule has 0 N–H and O–H groups in total. The summed E-state index contributed by atoms with van der Waals surface area (Å²) in [5.41, 5.74) is 2.94. The van der Waals surface area contributed by atoms with Crippen molar-refractivity contribution in [2.75, 3.05) is 6.61 Å². The molecule has 38 heavy (non-hydrogen) atoms. The van der Waals surface area contributed by atoms with Gasteiger partial charge in [-0.05, 0) is 65.1 Å². The molecule has 0 unspecified atom stereocenters. The average molecular weight is 518 g/mol. The van der Waals surface area contributed by atoms with Crippen molar-refractivity contribution in [3.05, 3.63) is 53.7 Å². The van der Waals surface area contributed by atoms with E-state index in [-0.39, 0.29) is 12.4 Å². The Balaban J connectivity index is 1.46. The monoisotopic (exact) mass is 518 g/mol. The third kappa shape index (κ3) is 5.34. The summed E-state index contributed by atoms with van der Waals surface area (Å²) in [6.07, 6.45) is 6.19. The first-order valence-electron chi connectivity index (χ1n) is 13.9. The maximum Gasteiger partial charge on any atom is 0.494 e. The lowest BCUT2D eigenvalue weighted by atomic mass is 9.78. The average Bonchev–Trinajstić information content (AvgIpc) is 3.36. The third-order valence-electron chi connectivity index (χ3n) is 8.23. The van der Waals surface area contributed by atoms with Gasteiger partial charge < -0.3 is 18.8 Å². The van der Waals surface area contributed by atoms with Crippen LogP contribution < -0.4 is 10.2 Å². The Morgan fingerprint density at radius 1 is 1.05 bits per heavy atom. The van der Waals surface area contributed by atoms with Crippen LogP contribution in [0.2, 0.25) is 0 Å². The van der Waals surface area contributed by atoms with Gasteiger partial charge in [-0.15, -0.1) is 0 Å². The summed E-state index contributed by atoms with van der Waals surface area (Å²) >= 11 is 0. The van der Waals surface area contributed by atoms with Crippen LogP contribution in [-0.4, -0.2) is 40.7 Å². The maximum atomic E-state index is 12.1. The van der Waals surface area contributed by atoms with Gasteiger partial charge in [0.1, 0.15) is 18.1 Å². The van der Waals surface area contributed by atoms with Crippen LogP contribution in [-0.2, 0) is 31.9 Å². The van der Waals surface area contributed by atoms with E-state index in [1.54, 1.807) is 0 Å². The molecular formula is C30H39BN2O5. The number of carbonyl (C=O) groups excluding carboxylic acids is 1. The smallest absolute Gasteiger partial charge is 0.487 e. The van der Waals surface area contributed by atoms with Crippen LogP contribution in [0.3, 0.4) is 0 Å². The highest BCUT2D eigenvalue weighted by molar-refractivity contribution is 6.62. The number of aromatic nitrogens is 2. The quantitative estimate of drug-likeness (QED) is 0.289. The van der Waals surface area contributed by atoms with Crippen molar-refractivity contribution in [1.82, 2.24) is 9.78 Å². The van der Waals surface area contributed by atoms with E-state index in [1.165, 1.54) is 19.3 Å². The van der Waals surface area contributed by atoms with Gasteiger partial charge in [0.15, 0.2) is 0 Å². The number of hydrogen-bond acceptors (Lipinski definition) is 6. The Kier molecular flexibility index (Phi) is 7.56. The van der Waals surface area contributed by atoms with E-state index in [0.29, 0.717) is 25.0 Å². The first kappa shape index (κ1) is 26.8. The van der Waals surface area contributed by atoms with Gasteiger partial charge in [0, 0.05) is 10.9 Å². The Labute approximate surface area is 225 Å². The predicted molar refractivity (Wildman–Crippen MR) is 149 cm³/mol. The second kappa shape index (κ2) is 10.7. The first-order valence-corrected chi connectivity index (χ1v) is 13.9. The number of esters is 1. The highest BCUT2D eigenvalue weighted by Gasteiger charge is 2.51. The number of ether oxygens (including phenoxy) is 2. The lowest BCUT2D eigenvalue weighted by molar-refractivity contribution is -0.142. The predicted octanol–water partition coefficient (Wildman–Crippen LogP) is 5.53. The molecule has 2 aromatic carbocycles. The fraction of sp³-hybridized carbons (Fsp3) is 0.533. The van der Waals surface area contributed by atoms with Gasteiger partial charge in [-0.2, -0.15) is 5.10 Å². The number of hydrogen-bond donors (Lipinski definition) is 0. The zero-order chi connectivity index (χ0) is 26.9. The second-order valence-electron chi connectivity index (χ2n) is 11.4. The van der Waals surface area contributed by atoms with E-state index >= 15 is 0 Å². The van der Waals surface area contributed by atoms with E-state index in [9.17, 15) is 4.79 Å². The third-order valence-corrected chi connectivity index (χ3v) is 8.23. The van der Waals surface area contributed by atoms with Gasteiger partial charge in [-0.25, -0.2) is 0 Å². The number of para-hydroxylation sites is 1. The molecule has 3 aromatic rings. The number of rotatable bonds is 8. The van der Waals surface area contributed by atoms with Gasteiger partial charge in [0.2, 0.25) is 0 Å². The SMILES string of the molecule is CCOC(=O)Cc1ccccc1OCc1nn(C2CCCCC2)c2ccc(B3OC(C)(C)C(C)(C)O3)cc12. The van der Waals surface area contributed by atoms with Crippen molar-refractivity contribution in [2.45, 2.75) is 97.0 Å². The molecular weight excluding hydrogens is 479 g/mol. The maximum absolute atomic E-state index is 12.1. The minimum atomic E-state index is -0.443. The molecule has 0 atom stereocenters. The molecule has 0 radical (unpaired) electrons. The van der Waals surface area contributed by atoms with Crippen molar-refractivity contribution < 1.29 is 23.6 Å². The zero-order valence-corrected chi connectivity index (χ0v) is 23.3. The van der Waals surface area contributed by atoms with Gasteiger partial charge in [0.05, 0.1) is 35.8 Å². The molecule has 2 fully saturated rings. The molecule has 1 saturated carbocycles. The summed E-state index contributed by atoms with van der Waals surface area (Å²) in [4.78, 5) is 12.1. The lowest BCUT2D eigenvalue weighted by Crippen LogP contribution is -2.41. The van der Waals surface area contributed by atoms with Crippen molar-refractivity contribution in [3.8, 4) is 5.75 Å². The Bertz CT molecular complexity index is 1280. The normalized spacial score (nSPS) is 19.1. The molecule has 2 aliphatic rings. The molecule has 8 heteroatoms. The van der Waals surface area contributed by atoms with Crippen LogP contribution in [0.25, 0.3) is 10.9 Å². The van der Waals surface area contributed by atoms with Crippen LogP contribution in [0.1, 0.15) is 84.0 Å². The van der Waals surface area contributed by atoms with E-state index in [1.807, 2.05) is 31.2 Å². The summed E-state index contributed by atoms with van der Waals surface area (Å²) < 4.78 is 26.3. The van der Waals surface area contributed by atoms with Crippen molar-refractivity contribution >= 4 is 29.5 Å². The minimum Gasteiger partial charge on any atom is -0.487 e. The highest BCUT2D eigenvalue weighted by Crippen LogP contribution is 2.37. The number of nitrogens with zero attached hydrogens (tertiary/aromatic N) is 2. The summed E-state index contributed by atoms with van der Waals surface area (Å²) in [5, 5.41) is 6.14. The number of fused-ring (bicyclic) bond motifs is 1. The fourth-order valence-corrected chi connectivity index (χ4v) is 5.36. The fourth-order valence-electron chi connectivity index (χ4n) is 5.36. The molecule has 1 aliphatic carbocycles. The van der Waals surface area contributed by atoms with E-state index in [4.69, 9.17) is 23.9 Å². The second-order valence-corrected chi connectivity index (χ2v) is 11.4. The molecule has 7 nitrogen and oxygen atoms in total. The van der Waals surface area contributed by atoms with Gasteiger partial charge in [0.25, 0.3) is 0 Å². The van der Waals surface area contributed by atoms with Crippen LogP contribution in [0.15, 0.2) is 42.5 Å². The van der Waals surface area contributed by atoms with E-state index in [2.05, 4.69) is 50.6 Å². The van der Waals surface area contributed by atoms with Gasteiger partial charge >= 0.3 is 13.1 Å². The van der Waals surface area contributed by atoms with Crippen molar-refractivity contribution in [3.63, 3.8) is 0 Å². The van der Waals surface area contributed by atoms with Crippen LogP contribution in [0.4, 0.5) is 0 Å². The lowest BCUT2D eigenvalue weighted by Gasteiger charge is -2.32. The Morgan fingerprint density at radius 3 is 2.47 bits per heavy atom. The molecule has 0 spiro atoms. The van der Waals surface area contributed by atoms with Gasteiger partial charge in [-0.1, -0.05) is 49.6 Å². The summed E-state index contributed by atoms with van der Waals surface area (Å²) in [6.45, 7) is 10.7. The standard InChI is InChI=1S/C30H39BN2O5/c1-6-35-28(34)18-21-12-10-11-15-27(21)36-20-25-24-19-22(31-37-29(2,3)30(4,5)38-31)16-17-26(24)33(32-25)23-13-8-7-9-14-23/h10-12,15-17,19,23H,6-9,13-14,18,20H2,1-5H3. The minimum absolute atomic E-state index is 0.174. The molecule has 0 amide bonds. The van der Waals surface area contributed by atoms with Crippen molar-refractivity contribution in [1.29, 1.82) is 0 Å². The highest BCUT2D eigenvalue weighted by atomic mass is 16.7. The Morgan fingerprint density at radius 2 is 1.76 bits per heavy atom. The first-order chi connectivity index (χ1) is 18.2. The number of carbonyl (C=O) groups is 1. The topological polar surface area (TPSA) is 71.8 Å². The zero-order valence-electron chi connectivity index (χ0n) is 23.3.